The second-order valence-electron chi connectivity index (χ2n) is 6.69. The van der Waals surface area contributed by atoms with Crippen LogP contribution in [0.3, 0.4) is 0 Å². The lowest BCUT2D eigenvalue weighted by Gasteiger charge is -2.04. The molecule has 4 rings (SSSR count). The molecule has 0 radical (unpaired) electrons. The Kier molecular flexibility index (Phi) is 6.10. The van der Waals surface area contributed by atoms with E-state index in [1.807, 2.05) is 0 Å². The van der Waals surface area contributed by atoms with E-state index in [1.165, 1.54) is 24.5 Å². The molecule has 0 amide bonds. The van der Waals surface area contributed by atoms with E-state index < -0.39 is 14.8 Å². The van der Waals surface area contributed by atoms with Crippen molar-refractivity contribution in [3.8, 4) is 0 Å². The largest absolute Gasteiger partial charge is 0.294 e. The number of rotatable bonds is 6. The van der Waals surface area contributed by atoms with Crippen LogP contribution in [0.4, 0.5) is 5.69 Å². The van der Waals surface area contributed by atoms with Gasteiger partial charge in [0.05, 0.1) is 35.4 Å². The Balaban J connectivity index is 1.63. The molecule has 160 valence electrons. The van der Waals surface area contributed by atoms with Gasteiger partial charge in [0, 0.05) is 24.9 Å². The third-order valence-corrected chi connectivity index (χ3v) is 9.71. The van der Waals surface area contributed by atoms with Crippen molar-refractivity contribution < 1.29 is 18.1 Å². The van der Waals surface area contributed by atoms with Gasteiger partial charge in [-0.3, -0.25) is 19.9 Å². The normalized spacial score (nSPS) is 14.4. The number of aromatic nitrogens is 1. The lowest BCUT2D eigenvalue weighted by atomic mass is 10.0. The van der Waals surface area contributed by atoms with Gasteiger partial charge >= 0.3 is 0 Å². The minimum absolute atomic E-state index is 0.0670. The van der Waals surface area contributed by atoms with Crippen molar-refractivity contribution in [2.45, 2.75) is 26.8 Å². The number of fused-ring (bicyclic) bond motifs is 1. The lowest BCUT2D eigenvalue weighted by Crippen LogP contribution is -2.03. The van der Waals surface area contributed by atoms with Crippen LogP contribution in [0.15, 0.2) is 50.7 Å². The number of hydrogen-bond donors (Lipinski definition) is 0. The zero-order valence-corrected chi connectivity index (χ0v) is 19.5. The fourth-order valence-electron chi connectivity index (χ4n) is 3.12. The number of pyridine rings is 1. The molecule has 0 aliphatic carbocycles. The van der Waals surface area contributed by atoms with Gasteiger partial charge in [-0.15, -0.1) is 11.3 Å². The van der Waals surface area contributed by atoms with Crippen LogP contribution in [0.25, 0.3) is 0 Å². The number of sulfone groups is 1. The molecular formula is C19H12Cl2N2O5S3. The van der Waals surface area contributed by atoms with Gasteiger partial charge in [-0.05, 0) is 23.6 Å². The Hall–Kier alpha value is -1.98. The minimum Gasteiger partial charge on any atom is -0.293 e. The highest BCUT2D eigenvalue weighted by molar-refractivity contribution is 8.01. The molecule has 0 bridgehead atoms. The summed E-state index contributed by atoms with van der Waals surface area (Å²) < 4.78 is 24.5. The number of aryl methyl sites for hydroxylation is 1. The monoisotopic (exact) mass is 514 g/mol. The molecule has 0 atom stereocenters. The molecular weight excluding hydrogens is 503 g/mol. The molecule has 0 spiro atoms. The van der Waals surface area contributed by atoms with E-state index >= 15 is 0 Å². The summed E-state index contributed by atoms with van der Waals surface area (Å²) >= 11 is 14.2. The van der Waals surface area contributed by atoms with Crippen LogP contribution >= 0.6 is 46.3 Å². The second kappa shape index (κ2) is 8.51. The zero-order valence-electron chi connectivity index (χ0n) is 15.5. The molecule has 0 saturated carbocycles. The predicted molar refractivity (Wildman–Crippen MR) is 120 cm³/mol. The number of nitrogens with zero attached hydrogens (tertiary/aromatic N) is 2. The van der Waals surface area contributed by atoms with E-state index in [4.69, 9.17) is 23.2 Å². The molecule has 3 aromatic rings. The summed E-state index contributed by atoms with van der Waals surface area (Å²) in [4.78, 5) is 28.5. The molecule has 0 saturated heterocycles. The molecule has 1 aromatic carbocycles. The predicted octanol–water partition coefficient (Wildman–Crippen LogP) is 5.26. The quantitative estimate of drug-likeness (QED) is 0.250. The van der Waals surface area contributed by atoms with Crippen LogP contribution in [-0.2, 0) is 22.7 Å². The number of nitro groups is 1. The topological polar surface area (TPSA) is 107 Å². The number of benzene rings is 1. The fraction of sp³-hybridized carbons (Fsp3) is 0.158. The summed E-state index contributed by atoms with van der Waals surface area (Å²) in [6, 6.07) is 6.17. The van der Waals surface area contributed by atoms with E-state index in [1.54, 1.807) is 12.1 Å². The molecule has 0 fully saturated rings. The Labute approximate surface area is 195 Å². The highest BCUT2D eigenvalue weighted by Crippen LogP contribution is 2.45. The lowest BCUT2D eigenvalue weighted by molar-refractivity contribution is -0.387. The van der Waals surface area contributed by atoms with Crippen LogP contribution in [0, 0.1) is 10.1 Å². The average molecular weight is 515 g/mol. The number of carbonyl (C=O) groups is 1. The molecule has 0 N–H and O–H groups in total. The van der Waals surface area contributed by atoms with Crippen molar-refractivity contribution in [1.29, 1.82) is 0 Å². The van der Waals surface area contributed by atoms with Gasteiger partial charge in [0.25, 0.3) is 5.69 Å². The van der Waals surface area contributed by atoms with Crippen LogP contribution in [-0.4, -0.2) is 29.9 Å². The molecule has 0 unspecified atom stereocenters. The third-order valence-electron chi connectivity index (χ3n) is 4.63. The third kappa shape index (κ3) is 4.49. The first-order chi connectivity index (χ1) is 14.7. The minimum atomic E-state index is -3.32. The van der Waals surface area contributed by atoms with Crippen molar-refractivity contribution in [2.24, 2.45) is 0 Å². The first-order valence-corrected chi connectivity index (χ1v) is 12.8. The smallest absolute Gasteiger partial charge is 0.293 e. The Morgan fingerprint density at radius 3 is 2.61 bits per heavy atom. The molecule has 2 aromatic heterocycles. The van der Waals surface area contributed by atoms with E-state index in [0.29, 0.717) is 16.9 Å². The molecule has 1 aliphatic heterocycles. The summed E-state index contributed by atoms with van der Waals surface area (Å²) in [6.45, 7) is 0. The van der Waals surface area contributed by atoms with Crippen LogP contribution < -0.4 is 0 Å². The standard InChI is InChI=1S/C19H12Cl2N2O5S3/c20-12-8-22-9-13(21)18(12)30-19-14(23(25)26)7-16(29-19)15(24)5-10-1-2-11-3-4-31(27,28)17(11)6-10/h1-2,6-9H,3-5H2. The van der Waals surface area contributed by atoms with Gasteiger partial charge in [0.15, 0.2) is 15.6 Å². The number of hydrogen-bond acceptors (Lipinski definition) is 8. The average Bonchev–Trinajstić information content (AvgIpc) is 3.26. The van der Waals surface area contributed by atoms with Crippen LogP contribution in [0.2, 0.25) is 10.0 Å². The SMILES string of the molecule is O=C(Cc1ccc2c(c1)S(=O)(=O)CC2)c1cc([N+](=O)[O-])c(Sc2c(Cl)cncc2Cl)s1. The first kappa shape index (κ1) is 22.2. The van der Waals surface area contributed by atoms with E-state index in [-0.39, 0.29) is 47.7 Å². The summed E-state index contributed by atoms with van der Waals surface area (Å²) in [6.07, 6.45) is 3.15. The number of carbonyl (C=O) groups excluding carboxylic acids is 1. The van der Waals surface area contributed by atoms with Gasteiger partial charge in [0.2, 0.25) is 0 Å². The summed E-state index contributed by atoms with van der Waals surface area (Å²) in [5, 5.41) is 12.0. The summed E-state index contributed by atoms with van der Waals surface area (Å²) in [7, 11) is -3.32. The second-order valence-corrected chi connectivity index (χ2v) is 11.9. The molecule has 3 heterocycles. The van der Waals surface area contributed by atoms with Crippen LogP contribution in [0.1, 0.15) is 20.8 Å². The Morgan fingerprint density at radius 2 is 1.94 bits per heavy atom. The van der Waals surface area contributed by atoms with Crippen LogP contribution in [0.5, 0.6) is 0 Å². The highest BCUT2D eigenvalue weighted by atomic mass is 35.5. The van der Waals surface area contributed by atoms with E-state index in [0.717, 1.165) is 28.7 Å². The maximum atomic E-state index is 12.8. The maximum absolute atomic E-state index is 12.8. The molecule has 12 heteroatoms. The number of thiophene rings is 1. The zero-order chi connectivity index (χ0) is 22.3. The van der Waals surface area contributed by atoms with Crippen molar-refractivity contribution in [2.75, 3.05) is 5.75 Å². The van der Waals surface area contributed by atoms with Crippen molar-refractivity contribution >= 4 is 67.6 Å². The van der Waals surface area contributed by atoms with Crippen molar-refractivity contribution in [3.05, 3.63) is 72.8 Å². The first-order valence-electron chi connectivity index (χ1n) is 8.78. The number of Topliss-reactive ketones (excluding diaryl/α,β-unsaturated/α-hetero) is 1. The van der Waals surface area contributed by atoms with Gasteiger partial charge < -0.3 is 0 Å². The highest BCUT2D eigenvalue weighted by Gasteiger charge is 2.28. The van der Waals surface area contributed by atoms with Gasteiger partial charge in [-0.2, -0.15) is 0 Å². The van der Waals surface area contributed by atoms with E-state index in [9.17, 15) is 23.3 Å². The van der Waals surface area contributed by atoms with Gasteiger partial charge in [-0.1, -0.05) is 47.1 Å². The fourth-order valence-corrected chi connectivity index (χ4v) is 7.53. The van der Waals surface area contributed by atoms with Gasteiger partial charge in [-0.25, -0.2) is 8.42 Å². The summed E-state index contributed by atoms with van der Waals surface area (Å²) in [5.74, 6) is -0.278. The molecule has 7 nitrogen and oxygen atoms in total. The number of ketones is 1. The maximum Gasteiger partial charge on any atom is 0.294 e. The molecule has 31 heavy (non-hydrogen) atoms. The Bertz CT molecular complexity index is 1320. The van der Waals surface area contributed by atoms with Gasteiger partial charge in [0.1, 0.15) is 4.21 Å². The molecule has 1 aliphatic rings. The summed E-state index contributed by atoms with van der Waals surface area (Å²) in [5.41, 5.74) is 1.06. The Morgan fingerprint density at radius 1 is 1.23 bits per heavy atom. The van der Waals surface area contributed by atoms with Crippen molar-refractivity contribution in [3.63, 3.8) is 0 Å². The van der Waals surface area contributed by atoms with E-state index in [2.05, 4.69) is 4.98 Å². The van der Waals surface area contributed by atoms with Crippen molar-refractivity contribution in [1.82, 2.24) is 4.98 Å². The number of halogens is 2.